The number of hydrogen-bond acceptors (Lipinski definition) is 5. The van der Waals surface area contributed by atoms with Crippen molar-refractivity contribution in [3.8, 4) is 0 Å². The molecule has 1 saturated heterocycles. The van der Waals surface area contributed by atoms with Gasteiger partial charge in [0.15, 0.2) is 0 Å². The second-order valence-corrected chi connectivity index (χ2v) is 5.90. The van der Waals surface area contributed by atoms with Crippen LogP contribution >= 0.6 is 12.4 Å². The highest BCUT2D eigenvalue weighted by Gasteiger charge is 2.33. The topological polar surface area (TPSA) is 85.2 Å². The number of likely N-dealkylation sites (tertiary alicyclic amines) is 1. The smallest absolute Gasteiger partial charge is 0.258 e. The summed E-state index contributed by atoms with van der Waals surface area (Å²) >= 11 is 0. The van der Waals surface area contributed by atoms with Crippen LogP contribution in [0.25, 0.3) is 11.1 Å². The largest absolute Gasteiger partial charge is 0.336 e. The zero-order valence-electron chi connectivity index (χ0n) is 13.0. The Labute approximate surface area is 135 Å². The average Bonchev–Trinajstić information content (AvgIpc) is 3.01. The van der Waals surface area contributed by atoms with E-state index in [1.807, 2.05) is 24.8 Å². The van der Waals surface area contributed by atoms with Crippen molar-refractivity contribution < 1.29 is 9.32 Å². The third kappa shape index (κ3) is 2.68. The normalized spacial score (nSPS) is 21.2. The van der Waals surface area contributed by atoms with Gasteiger partial charge in [0, 0.05) is 18.3 Å². The molecular formula is C15H21ClN4O2. The Hall–Kier alpha value is -1.66. The maximum atomic E-state index is 12.9. The van der Waals surface area contributed by atoms with E-state index in [1.165, 1.54) is 0 Å². The molecule has 2 N–H and O–H groups in total. The van der Waals surface area contributed by atoms with Gasteiger partial charge in [-0.25, -0.2) is 4.98 Å². The van der Waals surface area contributed by atoms with Crippen LogP contribution in [0, 0.1) is 19.8 Å². The lowest BCUT2D eigenvalue weighted by Crippen LogP contribution is -2.34. The quantitative estimate of drug-likeness (QED) is 0.914. The molecule has 0 aromatic carbocycles. The van der Waals surface area contributed by atoms with Crippen LogP contribution in [0.1, 0.15) is 35.1 Å². The number of carbonyl (C=O) groups is 1. The van der Waals surface area contributed by atoms with E-state index in [4.69, 9.17) is 10.3 Å². The van der Waals surface area contributed by atoms with Crippen molar-refractivity contribution in [2.24, 2.45) is 11.7 Å². The van der Waals surface area contributed by atoms with Gasteiger partial charge in [0.05, 0.1) is 16.6 Å². The summed E-state index contributed by atoms with van der Waals surface area (Å²) in [5.74, 6) is 0.395. The van der Waals surface area contributed by atoms with E-state index in [0.717, 1.165) is 12.1 Å². The number of amides is 1. The van der Waals surface area contributed by atoms with Gasteiger partial charge in [-0.05, 0) is 45.7 Å². The van der Waals surface area contributed by atoms with Crippen molar-refractivity contribution in [1.82, 2.24) is 15.0 Å². The van der Waals surface area contributed by atoms with Gasteiger partial charge < -0.3 is 15.2 Å². The number of pyridine rings is 1. The zero-order chi connectivity index (χ0) is 15.1. The molecule has 2 unspecified atom stereocenters. The summed E-state index contributed by atoms with van der Waals surface area (Å²) in [6.07, 6.45) is 0.956. The summed E-state index contributed by atoms with van der Waals surface area (Å²) in [5.41, 5.74) is 8.25. The molecule has 1 fully saturated rings. The second kappa shape index (κ2) is 6.22. The van der Waals surface area contributed by atoms with Gasteiger partial charge in [0.2, 0.25) is 0 Å². The first kappa shape index (κ1) is 16.7. The lowest BCUT2D eigenvalue weighted by Gasteiger charge is -2.22. The molecule has 3 rings (SSSR count). The van der Waals surface area contributed by atoms with Crippen LogP contribution in [0.5, 0.6) is 0 Å². The average molecular weight is 325 g/mol. The Kier molecular flexibility index (Phi) is 4.72. The highest BCUT2D eigenvalue weighted by Crippen LogP contribution is 2.28. The lowest BCUT2D eigenvalue weighted by atomic mass is 10.1. The molecule has 0 spiro atoms. The van der Waals surface area contributed by atoms with Gasteiger partial charge in [0.1, 0.15) is 0 Å². The van der Waals surface area contributed by atoms with Crippen LogP contribution in [0.3, 0.4) is 0 Å². The fraction of sp³-hybridized carbons (Fsp3) is 0.533. The van der Waals surface area contributed by atoms with Gasteiger partial charge >= 0.3 is 0 Å². The number of carbonyl (C=O) groups excluding carboxylic acids is 1. The van der Waals surface area contributed by atoms with Crippen molar-refractivity contribution in [2.75, 3.05) is 13.1 Å². The molecule has 0 aliphatic carbocycles. The van der Waals surface area contributed by atoms with E-state index in [9.17, 15) is 4.79 Å². The Morgan fingerprint density at radius 2 is 2.23 bits per heavy atom. The van der Waals surface area contributed by atoms with Crippen LogP contribution in [0.4, 0.5) is 0 Å². The molecular weight excluding hydrogens is 304 g/mol. The third-order valence-corrected chi connectivity index (χ3v) is 4.23. The van der Waals surface area contributed by atoms with Crippen molar-refractivity contribution in [2.45, 2.75) is 33.2 Å². The van der Waals surface area contributed by atoms with E-state index in [2.05, 4.69) is 17.1 Å². The van der Waals surface area contributed by atoms with Gasteiger partial charge in [-0.1, -0.05) is 5.16 Å². The number of aryl methyl sites for hydroxylation is 2. The minimum Gasteiger partial charge on any atom is -0.336 e. The molecule has 0 saturated carbocycles. The van der Waals surface area contributed by atoms with Gasteiger partial charge in [-0.15, -0.1) is 12.4 Å². The summed E-state index contributed by atoms with van der Waals surface area (Å²) < 4.78 is 5.20. The Morgan fingerprint density at radius 1 is 1.50 bits per heavy atom. The summed E-state index contributed by atoms with van der Waals surface area (Å²) in [6, 6.07) is 2.02. The van der Waals surface area contributed by atoms with Crippen molar-refractivity contribution in [3.63, 3.8) is 0 Å². The van der Waals surface area contributed by atoms with Crippen molar-refractivity contribution in [1.29, 1.82) is 0 Å². The minimum absolute atomic E-state index is 0. The molecule has 2 aromatic heterocycles. The first-order valence-corrected chi connectivity index (χ1v) is 7.26. The number of aromatic nitrogens is 2. The van der Waals surface area contributed by atoms with E-state index in [0.29, 0.717) is 41.4 Å². The molecule has 1 amide bonds. The number of fused-ring (bicyclic) bond motifs is 1. The molecule has 6 nitrogen and oxygen atoms in total. The highest BCUT2D eigenvalue weighted by molar-refractivity contribution is 6.06. The van der Waals surface area contributed by atoms with Crippen molar-refractivity contribution in [3.05, 3.63) is 23.0 Å². The number of hydrogen-bond donors (Lipinski definition) is 1. The van der Waals surface area contributed by atoms with Crippen molar-refractivity contribution >= 4 is 29.4 Å². The zero-order valence-corrected chi connectivity index (χ0v) is 13.8. The fourth-order valence-corrected chi connectivity index (χ4v) is 3.14. The molecule has 120 valence electrons. The number of halogens is 1. The van der Waals surface area contributed by atoms with Crippen LogP contribution < -0.4 is 5.73 Å². The van der Waals surface area contributed by atoms with Gasteiger partial charge in [0.25, 0.3) is 11.6 Å². The maximum Gasteiger partial charge on any atom is 0.258 e. The first-order chi connectivity index (χ1) is 10.0. The molecule has 1 aliphatic rings. The second-order valence-electron chi connectivity index (χ2n) is 5.90. The molecule has 22 heavy (non-hydrogen) atoms. The minimum atomic E-state index is 0. The van der Waals surface area contributed by atoms with Crippen LogP contribution in [0.2, 0.25) is 0 Å². The van der Waals surface area contributed by atoms with Crippen LogP contribution in [-0.4, -0.2) is 40.1 Å². The molecule has 3 heterocycles. The molecule has 2 aromatic rings. The first-order valence-electron chi connectivity index (χ1n) is 7.26. The molecule has 0 radical (unpaired) electrons. The fourth-order valence-electron chi connectivity index (χ4n) is 3.14. The summed E-state index contributed by atoms with van der Waals surface area (Å²) in [7, 11) is 0. The van der Waals surface area contributed by atoms with E-state index >= 15 is 0 Å². The number of nitrogens with zero attached hydrogens (tertiary/aromatic N) is 3. The number of rotatable bonds is 2. The van der Waals surface area contributed by atoms with Crippen LogP contribution in [0.15, 0.2) is 10.6 Å². The lowest BCUT2D eigenvalue weighted by molar-refractivity contribution is 0.0745. The Morgan fingerprint density at radius 3 is 2.86 bits per heavy atom. The summed E-state index contributed by atoms with van der Waals surface area (Å²) in [6.45, 7) is 7.08. The predicted octanol–water partition coefficient (Wildman–Crippen LogP) is 2.07. The van der Waals surface area contributed by atoms with E-state index in [1.54, 1.807) is 0 Å². The predicted molar refractivity (Wildman–Crippen MR) is 86.2 cm³/mol. The standard InChI is InChI=1S/C15H20N4O2.ClH/c1-8-4-12(13-10(3)18-21-14(13)17-8)15(20)19-7-11(6-16)5-9(19)2;/h4,9,11H,5-7,16H2,1-3H3;1H. The Bertz CT molecular complexity index is 700. The molecule has 2 atom stereocenters. The van der Waals surface area contributed by atoms with Gasteiger partial charge in [-0.2, -0.15) is 0 Å². The maximum absolute atomic E-state index is 12.9. The SMILES string of the molecule is Cc1cc(C(=O)N2CC(CN)CC2C)c2c(C)noc2n1.Cl. The Balaban J connectivity index is 0.00000176. The third-order valence-electron chi connectivity index (χ3n) is 4.23. The monoisotopic (exact) mass is 324 g/mol. The summed E-state index contributed by atoms with van der Waals surface area (Å²) in [5, 5.41) is 4.65. The van der Waals surface area contributed by atoms with Gasteiger partial charge in [-0.3, -0.25) is 4.79 Å². The summed E-state index contributed by atoms with van der Waals surface area (Å²) in [4.78, 5) is 19.1. The molecule has 7 heteroatoms. The van der Waals surface area contributed by atoms with Crippen LogP contribution in [-0.2, 0) is 0 Å². The molecule has 1 aliphatic heterocycles. The molecule has 0 bridgehead atoms. The highest BCUT2D eigenvalue weighted by atomic mass is 35.5. The van der Waals surface area contributed by atoms with E-state index in [-0.39, 0.29) is 24.4 Å². The van der Waals surface area contributed by atoms with E-state index < -0.39 is 0 Å². The number of nitrogens with two attached hydrogens (primary N) is 1.